The summed E-state index contributed by atoms with van der Waals surface area (Å²) in [6.45, 7) is 3.91. The van der Waals surface area contributed by atoms with Crippen LogP contribution in [0.1, 0.15) is 30.3 Å². The maximum absolute atomic E-state index is 12.3. The second-order valence-electron chi connectivity index (χ2n) is 4.76. The lowest BCUT2D eigenvalue weighted by Crippen LogP contribution is -2.23. The summed E-state index contributed by atoms with van der Waals surface area (Å²) < 4.78 is 41.9. The molecular formula is C13H22F3N3OS. The summed E-state index contributed by atoms with van der Waals surface area (Å²) in [5.41, 5.74) is 0.792. The molecule has 0 aliphatic carbocycles. The summed E-state index contributed by atoms with van der Waals surface area (Å²) in [7, 11) is 3.21. The standard InChI is InChI=1S/C13H22F3N3OS/c1-4-6-17-8-11-10(9-20-3)18-12(21-11)19(2)7-5-13(14,15)16/h17H,4-9H2,1-3H3. The van der Waals surface area contributed by atoms with E-state index in [2.05, 4.69) is 17.2 Å². The van der Waals surface area contributed by atoms with Gasteiger partial charge in [0.25, 0.3) is 0 Å². The Morgan fingerprint density at radius 3 is 2.67 bits per heavy atom. The average molecular weight is 325 g/mol. The lowest BCUT2D eigenvalue weighted by atomic mass is 10.3. The van der Waals surface area contributed by atoms with Crippen LogP contribution in [-0.4, -0.2) is 38.4 Å². The lowest BCUT2D eigenvalue weighted by molar-refractivity contribution is -0.132. The van der Waals surface area contributed by atoms with E-state index in [1.54, 1.807) is 19.1 Å². The minimum atomic E-state index is -4.15. The number of alkyl halides is 3. The highest BCUT2D eigenvalue weighted by atomic mass is 32.1. The maximum Gasteiger partial charge on any atom is 0.390 e. The van der Waals surface area contributed by atoms with Gasteiger partial charge in [-0.15, -0.1) is 11.3 Å². The molecule has 4 nitrogen and oxygen atoms in total. The van der Waals surface area contributed by atoms with Gasteiger partial charge in [-0.2, -0.15) is 13.2 Å². The van der Waals surface area contributed by atoms with Gasteiger partial charge in [0.05, 0.1) is 18.7 Å². The number of methoxy groups -OCH3 is 1. The molecule has 1 N–H and O–H groups in total. The number of halogens is 3. The second-order valence-corrected chi connectivity index (χ2v) is 5.82. The van der Waals surface area contributed by atoms with Gasteiger partial charge in [0.15, 0.2) is 5.13 Å². The fourth-order valence-electron chi connectivity index (χ4n) is 1.69. The third kappa shape index (κ3) is 6.62. The van der Waals surface area contributed by atoms with Crippen molar-refractivity contribution in [1.29, 1.82) is 0 Å². The summed E-state index contributed by atoms with van der Waals surface area (Å²) >= 11 is 1.41. The van der Waals surface area contributed by atoms with E-state index in [0.717, 1.165) is 23.5 Å². The summed E-state index contributed by atoms with van der Waals surface area (Å²) in [6, 6.07) is 0. The van der Waals surface area contributed by atoms with Gasteiger partial charge in [0.1, 0.15) is 0 Å². The van der Waals surface area contributed by atoms with Gasteiger partial charge in [-0.3, -0.25) is 0 Å². The van der Waals surface area contributed by atoms with Crippen molar-refractivity contribution >= 4 is 16.5 Å². The van der Waals surface area contributed by atoms with Crippen molar-refractivity contribution < 1.29 is 17.9 Å². The summed E-state index contributed by atoms with van der Waals surface area (Å²) in [4.78, 5) is 6.95. The predicted octanol–water partition coefficient (Wildman–Crippen LogP) is 3.18. The van der Waals surface area contributed by atoms with Gasteiger partial charge in [0.2, 0.25) is 0 Å². The fraction of sp³-hybridized carbons (Fsp3) is 0.769. The van der Waals surface area contributed by atoms with Crippen LogP contribution in [-0.2, 0) is 17.9 Å². The van der Waals surface area contributed by atoms with E-state index in [-0.39, 0.29) is 6.54 Å². The molecule has 0 fully saturated rings. The Kier molecular flexibility index (Phi) is 7.41. The normalized spacial score (nSPS) is 11.9. The van der Waals surface area contributed by atoms with E-state index >= 15 is 0 Å². The summed E-state index contributed by atoms with van der Waals surface area (Å²) in [5, 5.41) is 3.87. The monoisotopic (exact) mass is 325 g/mol. The molecule has 1 aromatic heterocycles. The zero-order valence-corrected chi connectivity index (χ0v) is 13.4. The minimum absolute atomic E-state index is 0.0920. The SMILES string of the molecule is CCCNCc1sc(N(C)CCC(F)(F)F)nc1COC. The smallest absolute Gasteiger partial charge is 0.378 e. The van der Waals surface area contributed by atoms with Gasteiger partial charge < -0.3 is 15.0 Å². The highest BCUT2D eigenvalue weighted by molar-refractivity contribution is 7.15. The van der Waals surface area contributed by atoms with Gasteiger partial charge >= 0.3 is 6.18 Å². The Balaban J connectivity index is 2.70. The Hall–Kier alpha value is -0.860. The van der Waals surface area contributed by atoms with E-state index in [9.17, 15) is 13.2 Å². The van der Waals surface area contributed by atoms with E-state index in [1.807, 2.05) is 0 Å². The average Bonchev–Trinajstić information content (AvgIpc) is 2.79. The van der Waals surface area contributed by atoms with Crippen LogP contribution >= 0.6 is 11.3 Å². The molecule has 8 heteroatoms. The quantitative estimate of drug-likeness (QED) is 0.708. The third-order valence-corrected chi connectivity index (χ3v) is 4.03. The van der Waals surface area contributed by atoms with Crippen molar-refractivity contribution in [1.82, 2.24) is 10.3 Å². The molecular weight excluding hydrogens is 303 g/mol. The molecule has 0 bridgehead atoms. The van der Waals surface area contributed by atoms with Gasteiger partial charge in [-0.1, -0.05) is 6.92 Å². The third-order valence-electron chi connectivity index (χ3n) is 2.82. The van der Waals surface area contributed by atoms with Crippen LogP contribution in [0.4, 0.5) is 18.3 Å². The van der Waals surface area contributed by atoms with Crippen LogP contribution in [0.3, 0.4) is 0 Å². The number of aromatic nitrogens is 1. The molecule has 0 aliphatic rings. The maximum atomic E-state index is 12.3. The van der Waals surface area contributed by atoms with Crippen LogP contribution in [0.15, 0.2) is 0 Å². The molecule has 0 unspecified atom stereocenters. The number of hydrogen-bond donors (Lipinski definition) is 1. The second kappa shape index (κ2) is 8.55. The molecule has 21 heavy (non-hydrogen) atoms. The number of anilines is 1. The molecule has 0 aliphatic heterocycles. The molecule has 0 amide bonds. The summed E-state index contributed by atoms with van der Waals surface area (Å²) in [5.74, 6) is 0. The first kappa shape index (κ1) is 18.2. The van der Waals surface area contributed by atoms with E-state index in [0.29, 0.717) is 18.3 Å². The van der Waals surface area contributed by atoms with Gasteiger partial charge in [-0.25, -0.2) is 4.98 Å². The van der Waals surface area contributed by atoms with E-state index in [1.165, 1.54) is 11.3 Å². The largest absolute Gasteiger partial charge is 0.390 e. The fourth-order valence-corrected chi connectivity index (χ4v) is 2.71. The van der Waals surface area contributed by atoms with Crippen LogP contribution in [0.2, 0.25) is 0 Å². The molecule has 0 saturated heterocycles. The first-order valence-electron chi connectivity index (χ1n) is 6.83. The van der Waals surface area contributed by atoms with Gasteiger partial charge in [-0.05, 0) is 13.0 Å². The molecule has 1 rings (SSSR count). The number of nitrogens with one attached hydrogen (secondary N) is 1. The topological polar surface area (TPSA) is 37.4 Å². The predicted molar refractivity (Wildman–Crippen MR) is 78.8 cm³/mol. The number of nitrogens with zero attached hydrogens (tertiary/aromatic N) is 2. The van der Waals surface area contributed by atoms with Gasteiger partial charge in [0, 0.05) is 32.1 Å². The zero-order chi connectivity index (χ0) is 15.9. The molecule has 1 aromatic rings. The minimum Gasteiger partial charge on any atom is -0.378 e. The molecule has 0 aromatic carbocycles. The Labute approximate surface area is 127 Å². The van der Waals surface area contributed by atoms with Crippen molar-refractivity contribution in [3.05, 3.63) is 10.6 Å². The molecule has 0 atom stereocenters. The van der Waals surface area contributed by atoms with Crippen LogP contribution in [0.25, 0.3) is 0 Å². The molecule has 0 spiro atoms. The van der Waals surface area contributed by atoms with Crippen molar-refractivity contribution in [2.24, 2.45) is 0 Å². The summed E-state index contributed by atoms with van der Waals surface area (Å²) in [6.07, 6.45) is -3.96. The van der Waals surface area contributed by atoms with E-state index in [4.69, 9.17) is 4.74 Å². The van der Waals surface area contributed by atoms with E-state index < -0.39 is 12.6 Å². The molecule has 1 heterocycles. The van der Waals surface area contributed by atoms with Crippen LogP contribution in [0, 0.1) is 0 Å². The Morgan fingerprint density at radius 1 is 1.38 bits per heavy atom. The molecule has 0 saturated carbocycles. The van der Waals surface area contributed by atoms with Crippen molar-refractivity contribution in [3.63, 3.8) is 0 Å². The lowest BCUT2D eigenvalue weighted by Gasteiger charge is -2.16. The number of rotatable bonds is 9. The zero-order valence-electron chi connectivity index (χ0n) is 12.6. The number of thiazole rings is 1. The van der Waals surface area contributed by atoms with Crippen molar-refractivity contribution in [2.45, 2.75) is 39.1 Å². The Morgan fingerprint density at radius 2 is 2.10 bits per heavy atom. The van der Waals surface area contributed by atoms with Crippen molar-refractivity contribution in [3.8, 4) is 0 Å². The first-order valence-corrected chi connectivity index (χ1v) is 7.65. The molecule has 122 valence electrons. The highest BCUT2D eigenvalue weighted by Crippen LogP contribution is 2.28. The first-order chi connectivity index (χ1) is 9.87. The highest BCUT2D eigenvalue weighted by Gasteiger charge is 2.27. The van der Waals surface area contributed by atoms with Crippen LogP contribution in [0.5, 0.6) is 0 Å². The Bertz CT molecular complexity index is 423. The van der Waals surface area contributed by atoms with Crippen molar-refractivity contribution in [2.75, 3.05) is 32.1 Å². The number of hydrogen-bond acceptors (Lipinski definition) is 5. The number of ether oxygens (including phenoxy) is 1. The molecule has 0 radical (unpaired) electrons. The van der Waals surface area contributed by atoms with Crippen LogP contribution < -0.4 is 10.2 Å².